The van der Waals surface area contributed by atoms with Crippen LogP contribution < -0.4 is 0 Å². The Morgan fingerprint density at radius 2 is 2.00 bits per heavy atom. The minimum atomic E-state index is -0.874. The number of carboxylic acids is 1. The summed E-state index contributed by atoms with van der Waals surface area (Å²) in [6, 6.07) is -0.573. The molecule has 0 aliphatic rings. The van der Waals surface area contributed by atoms with Gasteiger partial charge < -0.3 is 19.7 Å². The maximum atomic E-state index is 10.9. The van der Waals surface area contributed by atoms with Crippen LogP contribution in [0.15, 0.2) is 0 Å². The van der Waals surface area contributed by atoms with E-state index in [0.717, 1.165) is 0 Å². The minimum absolute atomic E-state index is 0.0867. The molecule has 108 valence electrons. The first kappa shape index (κ1) is 17.3. The van der Waals surface area contributed by atoms with Crippen molar-refractivity contribution in [2.24, 2.45) is 0 Å². The zero-order valence-electron chi connectivity index (χ0n) is 11.6. The topological polar surface area (TPSA) is 79.2 Å². The van der Waals surface area contributed by atoms with Gasteiger partial charge in [-0.1, -0.05) is 6.92 Å². The fourth-order valence-corrected chi connectivity index (χ4v) is 1.75. The number of aliphatic hydroxyl groups is 1. The molecule has 0 aromatic heterocycles. The highest BCUT2D eigenvalue weighted by Crippen LogP contribution is 2.04. The van der Waals surface area contributed by atoms with Crippen molar-refractivity contribution in [3.05, 3.63) is 0 Å². The molecule has 0 bridgehead atoms. The Kier molecular flexibility index (Phi) is 8.91. The molecule has 0 spiro atoms. The lowest BCUT2D eigenvalue weighted by Gasteiger charge is -2.26. The van der Waals surface area contributed by atoms with Crippen LogP contribution in [0, 0.1) is 0 Å². The van der Waals surface area contributed by atoms with Crippen molar-refractivity contribution in [3.8, 4) is 0 Å². The Bertz CT molecular complexity index is 237. The summed E-state index contributed by atoms with van der Waals surface area (Å²) in [5, 5.41) is 18.7. The first-order valence-electron chi connectivity index (χ1n) is 6.13. The number of carboxylic acid groups (broad SMARTS) is 1. The summed E-state index contributed by atoms with van der Waals surface area (Å²) in [5.74, 6) is -0.874. The van der Waals surface area contributed by atoms with E-state index in [9.17, 15) is 9.90 Å². The molecule has 0 rings (SSSR count). The molecular weight excluding hydrogens is 238 g/mol. The van der Waals surface area contributed by atoms with E-state index in [4.69, 9.17) is 14.6 Å². The van der Waals surface area contributed by atoms with Gasteiger partial charge in [-0.25, -0.2) is 0 Å². The maximum Gasteiger partial charge on any atom is 0.320 e. The van der Waals surface area contributed by atoms with E-state index in [1.165, 1.54) is 0 Å². The van der Waals surface area contributed by atoms with Crippen LogP contribution in [0.25, 0.3) is 0 Å². The third-order valence-electron chi connectivity index (χ3n) is 2.68. The molecule has 18 heavy (non-hydrogen) atoms. The quantitative estimate of drug-likeness (QED) is 0.586. The lowest BCUT2D eigenvalue weighted by atomic mass is 10.2. The number of aliphatic carboxylic acids is 1. The monoisotopic (exact) mass is 263 g/mol. The number of nitrogens with zero attached hydrogens (tertiary/aromatic N) is 1. The van der Waals surface area contributed by atoms with E-state index in [-0.39, 0.29) is 19.3 Å². The van der Waals surface area contributed by atoms with Gasteiger partial charge >= 0.3 is 5.97 Å². The van der Waals surface area contributed by atoms with Crippen LogP contribution in [0.5, 0.6) is 0 Å². The van der Waals surface area contributed by atoms with E-state index in [0.29, 0.717) is 13.0 Å². The summed E-state index contributed by atoms with van der Waals surface area (Å²) in [4.78, 5) is 12.6. The van der Waals surface area contributed by atoms with Gasteiger partial charge in [0.2, 0.25) is 0 Å². The number of ether oxygens (including phenoxy) is 2. The number of hydrogen-bond donors (Lipinski definition) is 2. The van der Waals surface area contributed by atoms with Crippen LogP contribution in [0.2, 0.25) is 0 Å². The van der Waals surface area contributed by atoms with Crippen LogP contribution in [0.3, 0.4) is 0 Å². The number of aliphatic hydroxyl groups excluding tert-OH is 1. The highest BCUT2D eigenvalue weighted by Gasteiger charge is 2.22. The molecular formula is C12H25NO5. The summed E-state index contributed by atoms with van der Waals surface area (Å²) in [6.45, 7) is 4.57. The molecule has 0 saturated carbocycles. The van der Waals surface area contributed by atoms with Gasteiger partial charge in [0.05, 0.1) is 25.4 Å². The molecule has 2 N–H and O–H groups in total. The van der Waals surface area contributed by atoms with Gasteiger partial charge in [0.15, 0.2) is 0 Å². The van der Waals surface area contributed by atoms with Gasteiger partial charge in [-0.2, -0.15) is 0 Å². The van der Waals surface area contributed by atoms with Crippen LogP contribution >= 0.6 is 0 Å². The molecule has 0 saturated heterocycles. The number of carbonyl (C=O) groups is 1. The largest absolute Gasteiger partial charge is 0.480 e. The van der Waals surface area contributed by atoms with Crippen LogP contribution in [-0.4, -0.2) is 73.2 Å². The zero-order valence-corrected chi connectivity index (χ0v) is 11.6. The Hall–Kier alpha value is -0.690. The summed E-state index contributed by atoms with van der Waals surface area (Å²) < 4.78 is 10.3. The van der Waals surface area contributed by atoms with Gasteiger partial charge in [-0.3, -0.25) is 9.69 Å². The predicted molar refractivity (Wildman–Crippen MR) is 67.6 cm³/mol. The molecule has 6 nitrogen and oxygen atoms in total. The average Bonchev–Trinajstić information content (AvgIpc) is 2.27. The number of methoxy groups -OCH3 is 1. The Balaban J connectivity index is 3.99. The van der Waals surface area contributed by atoms with Crippen molar-refractivity contribution >= 4 is 5.97 Å². The van der Waals surface area contributed by atoms with Gasteiger partial charge in [-0.05, 0) is 20.4 Å². The standard InChI is InChI=1S/C12H25NO5/c1-5-11(12(15)16)13(3)6-10(14)8-18-9(2)7-17-4/h9-11,14H,5-8H2,1-4H3,(H,15,16). The maximum absolute atomic E-state index is 10.9. The fourth-order valence-electron chi connectivity index (χ4n) is 1.75. The number of hydrogen-bond acceptors (Lipinski definition) is 5. The number of rotatable bonds is 10. The first-order valence-corrected chi connectivity index (χ1v) is 6.13. The van der Waals surface area contributed by atoms with Gasteiger partial charge in [0, 0.05) is 13.7 Å². The predicted octanol–water partition coefficient (Wildman–Crippen LogP) is 0.194. The van der Waals surface area contributed by atoms with Crippen molar-refractivity contribution in [2.75, 3.05) is 33.9 Å². The van der Waals surface area contributed by atoms with E-state index in [1.807, 2.05) is 6.92 Å². The van der Waals surface area contributed by atoms with E-state index in [1.54, 1.807) is 26.0 Å². The van der Waals surface area contributed by atoms with E-state index < -0.39 is 18.1 Å². The van der Waals surface area contributed by atoms with Crippen LogP contribution in [-0.2, 0) is 14.3 Å². The molecule has 3 atom stereocenters. The Morgan fingerprint density at radius 3 is 2.44 bits per heavy atom. The van der Waals surface area contributed by atoms with Crippen LogP contribution in [0.1, 0.15) is 20.3 Å². The Labute approximate surface area is 108 Å². The molecule has 0 fully saturated rings. The molecule has 0 amide bonds. The van der Waals surface area contributed by atoms with Crippen molar-refractivity contribution < 1.29 is 24.5 Å². The lowest BCUT2D eigenvalue weighted by molar-refractivity contribution is -0.143. The highest BCUT2D eigenvalue weighted by molar-refractivity contribution is 5.73. The molecule has 0 aromatic rings. The second-order valence-corrected chi connectivity index (χ2v) is 4.45. The van der Waals surface area contributed by atoms with Crippen molar-refractivity contribution in [3.63, 3.8) is 0 Å². The molecule has 0 heterocycles. The van der Waals surface area contributed by atoms with E-state index >= 15 is 0 Å². The van der Waals surface area contributed by atoms with Gasteiger partial charge in [0.1, 0.15) is 6.04 Å². The zero-order chi connectivity index (χ0) is 14.1. The van der Waals surface area contributed by atoms with Crippen molar-refractivity contribution in [1.29, 1.82) is 0 Å². The third kappa shape index (κ3) is 6.90. The highest BCUT2D eigenvalue weighted by atomic mass is 16.5. The van der Waals surface area contributed by atoms with Crippen molar-refractivity contribution in [1.82, 2.24) is 4.90 Å². The first-order chi connectivity index (χ1) is 8.42. The van der Waals surface area contributed by atoms with Crippen LogP contribution in [0.4, 0.5) is 0 Å². The van der Waals surface area contributed by atoms with E-state index in [2.05, 4.69) is 0 Å². The van der Waals surface area contributed by atoms with Gasteiger partial charge in [-0.15, -0.1) is 0 Å². The molecule has 0 aromatic carbocycles. The average molecular weight is 263 g/mol. The summed E-state index contributed by atoms with van der Waals surface area (Å²) in [5.41, 5.74) is 0. The summed E-state index contributed by atoms with van der Waals surface area (Å²) in [7, 11) is 3.27. The smallest absolute Gasteiger partial charge is 0.320 e. The second kappa shape index (κ2) is 9.27. The number of likely N-dealkylation sites (N-methyl/N-ethyl adjacent to an activating group) is 1. The van der Waals surface area contributed by atoms with Crippen molar-refractivity contribution in [2.45, 2.75) is 38.5 Å². The lowest BCUT2D eigenvalue weighted by Crippen LogP contribution is -2.43. The molecule has 6 heteroatoms. The summed E-state index contributed by atoms with van der Waals surface area (Å²) >= 11 is 0. The Morgan fingerprint density at radius 1 is 1.39 bits per heavy atom. The SMILES string of the molecule is CCC(C(=O)O)N(C)CC(O)COC(C)COC. The molecule has 3 unspecified atom stereocenters. The molecule has 0 aliphatic carbocycles. The second-order valence-electron chi connectivity index (χ2n) is 4.45. The molecule has 0 aliphatic heterocycles. The molecule has 0 radical (unpaired) electrons. The van der Waals surface area contributed by atoms with Gasteiger partial charge in [0.25, 0.3) is 0 Å². The fraction of sp³-hybridized carbons (Fsp3) is 0.917. The minimum Gasteiger partial charge on any atom is -0.480 e. The third-order valence-corrected chi connectivity index (χ3v) is 2.68. The normalized spacial score (nSPS) is 16.6. The summed E-state index contributed by atoms with van der Waals surface area (Å²) in [6.07, 6.45) is -0.293.